The molecule has 5 heteroatoms. The van der Waals surface area contributed by atoms with Crippen molar-refractivity contribution in [2.24, 2.45) is 5.92 Å². The fraction of sp³-hybridized carbons (Fsp3) is 0.348. The van der Waals surface area contributed by atoms with Crippen LogP contribution in [0.25, 0.3) is 0 Å². The number of nitrogens with zero attached hydrogens (tertiary/aromatic N) is 2. The molecule has 4 rings (SSSR count). The number of hydrogen-bond donors (Lipinski definition) is 0. The zero-order valence-corrected chi connectivity index (χ0v) is 16.1. The van der Waals surface area contributed by atoms with Crippen LogP contribution in [0.5, 0.6) is 0 Å². The van der Waals surface area contributed by atoms with E-state index in [1.54, 1.807) is 17.0 Å². The zero-order valence-electron chi connectivity index (χ0n) is 16.1. The van der Waals surface area contributed by atoms with Gasteiger partial charge in [-0.3, -0.25) is 19.3 Å². The van der Waals surface area contributed by atoms with Gasteiger partial charge >= 0.3 is 0 Å². The van der Waals surface area contributed by atoms with Gasteiger partial charge in [0.15, 0.2) is 0 Å². The third-order valence-electron chi connectivity index (χ3n) is 5.75. The van der Waals surface area contributed by atoms with E-state index in [-0.39, 0.29) is 24.3 Å². The molecule has 2 aliphatic heterocycles. The number of aryl methyl sites for hydroxylation is 1. The largest absolute Gasteiger partial charge is 0.341 e. The van der Waals surface area contributed by atoms with Crippen LogP contribution in [0.1, 0.15) is 44.7 Å². The molecule has 0 saturated carbocycles. The van der Waals surface area contributed by atoms with Crippen LogP contribution >= 0.6 is 0 Å². The van der Waals surface area contributed by atoms with Gasteiger partial charge in [-0.1, -0.05) is 42.0 Å². The average Bonchev–Trinajstić information content (AvgIpc) is 2.93. The van der Waals surface area contributed by atoms with Crippen LogP contribution in [0.4, 0.5) is 0 Å². The number of likely N-dealkylation sites (tertiary alicyclic amines) is 1. The standard InChI is InChI=1S/C23H24N2O3/c1-16-7-8-19-20(13-16)23(28)25(22(19)27)15-21(26)24-11-9-18(10-12-24)14-17-5-3-2-4-6-17/h2-8,13,18H,9-12,14-15H2,1H3. The van der Waals surface area contributed by atoms with E-state index in [2.05, 4.69) is 24.3 Å². The van der Waals surface area contributed by atoms with Crippen molar-refractivity contribution in [2.75, 3.05) is 19.6 Å². The molecule has 2 heterocycles. The van der Waals surface area contributed by atoms with Crippen molar-refractivity contribution >= 4 is 17.7 Å². The summed E-state index contributed by atoms with van der Waals surface area (Å²) in [5.41, 5.74) is 3.05. The quantitative estimate of drug-likeness (QED) is 0.771. The summed E-state index contributed by atoms with van der Waals surface area (Å²) in [5, 5.41) is 0. The molecule has 1 fully saturated rings. The van der Waals surface area contributed by atoms with Gasteiger partial charge in [0, 0.05) is 13.1 Å². The smallest absolute Gasteiger partial charge is 0.262 e. The van der Waals surface area contributed by atoms with Crippen LogP contribution in [0, 0.1) is 12.8 Å². The summed E-state index contributed by atoms with van der Waals surface area (Å²) < 4.78 is 0. The number of benzene rings is 2. The monoisotopic (exact) mass is 376 g/mol. The van der Waals surface area contributed by atoms with Crippen LogP contribution in [0.2, 0.25) is 0 Å². The first-order valence-corrected chi connectivity index (χ1v) is 9.81. The SMILES string of the molecule is Cc1ccc2c(c1)C(=O)N(CC(=O)N1CCC(Cc3ccccc3)CC1)C2=O. The molecule has 0 bridgehead atoms. The third-order valence-corrected chi connectivity index (χ3v) is 5.75. The number of carbonyl (C=O) groups is 3. The van der Waals surface area contributed by atoms with Crippen LogP contribution < -0.4 is 0 Å². The molecule has 1 saturated heterocycles. The number of rotatable bonds is 4. The van der Waals surface area contributed by atoms with E-state index in [0.717, 1.165) is 29.7 Å². The van der Waals surface area contributed by atoms with Crippen LogP contribution in [0.15, 0.2) is 48.5 Å². The highest BCUT2D eigenvalue weighted by atomic mass is 16.2. The number of piperidine rings is 1. The Balaban J connectivity index is 1.34. The van der Waals surface area contributed by atoms with E-state index in [0.29, 0.717) is 30.1 Å². The molecule has 144 valence electrons. The Kier molecular flexibility index (Phi) is 4.99. The lowest BCUT2D eigenvalue weighted by Gasteiger charge is -2.33. The lowest BCUT2D eigenvalue weighted by atomic mass is 9.90. The van der Waals surface area contributed by atoms with Crippen molar-refractivity contribution in [1.29, 1.82) is 0 Å². The summed E-state index contributed by atoms with van der Waals surface area (Å²) >= 11 is 0. The molecule has 0 radical (unpaired) electrons. The van der Waals surface area contributed by atoms with Gasteiger partial charge in [-0.2, -0.15) is 0 Å². The molecular weight excluding hydrogens is 352 g/mol. The first-order chi connectivity index (χ1) is 13.5. The van der Waals surface area contributed by atoms with E-state index in [1.807, 2.05) is 19.1 Å². The Morgan fingerprint density at radius 1 is 0.964 bits per heavy atom. The maximum atomic E-state index is 12.7. The summed E-state index contributed by atoms with van der Waals surface area (Å²) in [6, 6.07) is 15.6. The van der Waals surface area contributed by atoms with E-state index in [9.17, 15) is 14.4 Å². The minimum atomic E-state index is -0.368. The van der Waals surface area contributed by atoms with Gasteiger partial charge in [0.1, 0.15) is 6.54 Å². The highest BCUT2D eigenvalue weighted by molar-refractivity contribution is 6.22. The van der Waals surface area contributed by atoms with Crippen molar-refractivity contribution in [3.8, 4) is 0 Å². The fourth-order valence-electron chi connectivity index (χ4n) is 4.12. The van der Waals surface area contributed by atoms with Gasteiger partial charge in [0.25, 0.3) is 11.8 Å². The molecule has 2 aliphatic rings. The van der Waals surface area contributed by atoms with Gasteiger partial charge in [-0.25, -0.2) is 0 Å². The fourth-order valence-corrected chi connectivity index (χ4v) is 4.12. The van der Waals surface area contributed by atoms with Crippen LogP contribution in [-0.4, -0.2) is 47.2 Å². The summed E-state index contributed by atoms with van der Waals surface area (Å²) in [6.45, 7) is 3.07. The molecule has 5 nitrogen and oxygen atoms in total. The number of fused-ring (bicyclic) bond motifs is 1. The second-order valence-corrected chi connectivity index (χ2v) is 7.76. The Morgan fingerprint density at radius 3 is 2.36 bits per heavy atom. The van der Waals surface area contributed by atoms with Gasteiger partial charge in [-0.15, -0.1) is 0 Å². The van der Waals surface area contributed by atoms with Crippen molar-refractivity contribution in [2.45, 2.75) is 26.2 Å². The van der Waals surface area contributed by atoms with E-state index < -0.39 is 0 Å². The molecule has 0 aliphatic carbocycles. The average molecular weight is 376 g/mol. The highest BCUT2D eigenvalue weighted by Gasteiger charge is 2.37. The van der Waals surface area contributed by atoms with Gasteiger partial charge in [0.2, 0.25) is 5.91 Å². The molecule has 0 aromatic heterocycles. The van der Waals surface area contributed by atoms with Crippen molar-refractivity contribution in [1.82, 2.24) is 9.80 Å². The zero-order chi connectivity index (χ0) is 19.7. The summed E-state index contributed by atoms with van der Waals surface area (Å²) in [5.74, 6) is -0.318. The first-order valence-electron chi connectivity index (χ1n) is 9.81. The number of hydrogen-bond acceptors (Lipinski definition) is 3. The predicted octanol–water partition coefficient (Wildman–Crippen LogP) is 3.07. The molecule has 0 atom stereocenters. The molecular formula is C23H24N2O3. The van der Waals surface area contributed by atoms with Crippen LogP contribution in [0.3, 0.4) is 0 Å². The Morgan fingerprint density at radius 2 is 1.64 bits per heavy atom. The summed E-state index contributed by atoms with van der Waals surface area (Å²) in [7, 11) is 0. The second kappa shape index (κ2) is 7.58. The van der Waals surface area contributed by atoms with Gasteiger partial charge < -0.3 is 4.90 Å². The molecule has 0 unspecified atom stereocenters. The van der Waals surface area contributed by atoms with E-state index in [4.69, 9.17) is 0 Å². The molecule has 0 N–H and O–H groups in total. The Labute approximate surface area is 164 Å². The topological polar surface area (TPSA) is 57.7 Å². The van der Waals surface area contributed by atoms with Crippen molar-refractivity contribution in [3.05, 3.63) is 70.8 Å². The maximum absolute atomic E-state index is 12.7. The lowest BCUT2D eigenvalue weighted by molar-refractivity contribution is -0.132. The molecule has 0 spiro atoms. The molecule has 2 aromatic rings. The number of carbonyl (C=O) groups excluding carboxylic acids is 3. The minimum absolute atomic E-state index is 0.149. The van der Waals surface area contributed by atoms with Gasteiger partial charge in [0.05, 0.1) is 11.1 Å². The molecule has 3 amide bonds. The van der Waals surface area contributed by atoms with Gasteiger partial charge in [-0.05, 0) is 49.8 Å². The first kappa shape index (κ1) is 18.4. The van der Waals surface area contributed by atoms with Crippen molar-refractivity contribution in [3.63, 3.8) is 0 Å². The highest BCUT2D eigenvalue weighted by Crippen LogP contribution is 2.25. The van der Waals surface area contributed by atoms with Crippen molar-refractivity contribution < 1.29 is 14.4 Å². The molecule has 28 heavy (non-hydrogen) atoms. The second-order valence-electron chi connectivity index (χ2n) is 7.76. The molecule has 2 aromatic carbocycles. The number of amides is 3. The summed E-state index contributed by atoms with van der Waals surface area (Å²) in [6.07, 6.45) is 2.92. The number of imide groups is 1. The minimum Gasteiger partial charge on any atom is -0.341 e. The predicted molar refractivity (Wildman–Crippen MR) is 106 cm³/mol. The van der Waals surface area contributed by atoms with E-state index >= 15 is 0 Å². The lowest BCUT2D eigenvalue weighted by Crippen LogP contribution is -2.45. The summed E-state index contributed by atoms with van der Waals surface area (Å²) in [4.78, 5) is 40.7. The van der Waals surface area contributed by atoms with Crippen LogP contribution in [-0.2, 0) is 11.2 Å². The van der Waals surface area contributed by atoms with E-state index in [1.165, 1.54) is 5.56 Å². The third kappa shape index (κ3) is 3.57. The Hall–Kier alpha value is -2.95. The maximum Gasteiger partial charge on any atom is 0.262 e. The normalized spacial score (nSPS) is 17.2. The Bertz CT molecular complexity index is 915.